The van der Waals surface area contributed by atoms with Crippen LogP contribution in [0.3, 0.4) is 0 Å². The van der Waals surface area contributed by atoms with E-state index in [1.165, 1.54) is 24.3 Å². The minimum Gasteiger partial charge on any atom is -0.432 e. The number of aryl methyl sites for hydroxylation is 1. The predicted molar refractivity (Wildman–Crippen MR) is 79.0 cm³/mol. The van der Waals surface area contributed by atoms with Gasteiger partial charge in [-0.1, -0.05) is 29.8 Å². The highest BCUT2D eigenvalue weighted by Gasteiger charge is 2.20. The minimum absolute atomic E-state index is 0.174. The zero-order valence-electron chi connectivity index (χ0n) is 12.7. The first kappa shape index (κ1) is 18.4. The molecular formula is C17H11F5O3. The fourth-order valence-electron chi connectivity index (χ4n) is 1.80. The Morgan fingerprint density at radius 1 is 1.04 bits per heavy atom. The number of alkyl halides is 2. The second-order valence-electron chi connectivity index (χ2n) is 4.85. The Morgan fingerprint density at radius 3 is 2.24 bits per heavy atom. The van der Waals surface area contributed by atoms with Crippen molar-refractivity contribution in [1.82, 2.24) is 0 Å². The highest BCUT2D eigenvalue weighted by molar-refractivity contribution is 5.94. The number of rotatable bonds is 5. The largest absolute Gasteiger partial charge is 0.432 e. The van der Waals surface area contributed by atoms with E-state index in [0.717, 1.165) is 17.7 Å². The van der Waals surface area contributed by atoms with E-state index in [1.54, 1.807) is 6.92 Å². The smallest absolute Gasteiger partial charge is 0.387 e. The Balaban J connectivity index is 2.16. The number of ether oxygens (including phenoxy) is 2. The highest BCUT2D eigenvalue weighted by atomic mass is 19.3. The quantitative estimate of drug-likeness (QED) is 0.328. The van der Waals surface area contributed by atoms with Crippen LogP contribution < -0.4 is 9.47 Å². The Hall–Kier alpha value is -2.90. The number of benzene rings is 2. The van der Waals surface area contributed by atoms with Crippen LogP contribution in [-0.4, -0.2) is 12.6 Å². The lowest BCUT2D eigenvalue weighted by Crippen LogP contribution is -2.10. The van der Waals surface area contributed by atoms with E-state index in [0.29, 0.717) is 6.07 Å². The molecule has 0 saturated heterocycles. The number of carbonyl (C=O) groups excluding carboxylic acids is 1. The molecule has 0 aliphatic carbocycles. The maximum absolute atomic E-state index is 13.9. The fraction of sp³-hybridized carbons (Fsp3) is 0.118. The number of hydrogen-bond donors (Lipinski definition) is 0. The van der Waals surface area contributed by atoms with Crippen molar-refractivity contribution in [2.24, 2.45) is 0 Å². The molecule has 0 fully saturated rings. The lowest BCUT2D eigenvalue weighted by atomic mass is 10.1. The Labute approximate surface area is 139 Å². The standard InChI is InChI=1S/C17H11F5O3/c1-9-2-4-10(5-3-9)14(19)15(20)16(23)24-11-6-7-13(12(18)8-11)25-17(21)22/h2-8,17H,1H3/b15-14-. The Bertz CT molecular complexity index is 800. The average molecular weight is 358 g/mol. The van der Waals surface area contributed by atoms with Crippen LogP contribution in [0.4, 0.5) is 22.0 Å². The highest BCUT2D eigenvalue weighted by Crippen LogP contribution is 2.26. The molecule has 0 aliphatic heterocycles. The van der Waals surface area contributed by atoms with E-state index >= 15 is 0 Å². The summed E-state index contributed by atoms with van der Waals surface area (Å²) in [6.07, 6.45) is 0. The molecule has 3 nitrogen and oxygen atoms in total. The van der Waals surface area contributed by atoms with Crippen LogP contribution in [0.1, 0.15) is 11.1 Å². The van der Waals surface area contributed by atoms with Gasteiger partial charge < -0.3 is 9.47 Å². The Kier molecular flexibility index (Phi) is 5.74. The summed E-state index contributed by atoms with van der Waals surface area (Å²) in [6.45, 7) is -1.50. The van der Waals surface area contributed by atoms with Crippen LogP contribution in [0.5, 0.6) is 11.5 Å². The monoisotopic (exact) mass is 358 g/mol. The molecule has 0 bridgehead atoms. The van der Waals surface area contributed by atoms with Gasteiger partial charge in [0.15, 0.2) is 17.4 Å². The van der Waals surface area contributed by atoms with E-state index in [4.69, 9.17) is 0 Å². The third kappa shape index (κ3) is 4.79. The number of halogens is 5. The minimum atomic E-state index is -3.24. The molecule has 2 rings (SSSR count). The molecule has 2 aromatic carbocycles. The first-order chi connectivity index (χ1) is 11.8. The average Bonchev–Trinajstić information content (AvgIpc) is 2.56. The topological polar surface area (TPSA) is 35.5 Å². The zero-order chi connectivity index (χ0) is 18.6. The summed E-state index contributed by atoms with van der Waals surface area (Å²) in [4.78, 5) is 11.6. The normalized spacial score (nSPS) is 12.0. The van der Waals surface area contributed by atoms with E-state index < -0.39 is 41.6 Å². The van der Waals surface area contributed by atoms with Gasteiger partial charge in [0.1, 0.15) is 5.75 Å². The van der Waals surface area contributed by atoms with Crippen LogP contribution in [0.25, 0.3) is 5.83 Å². The van der Waals surface area contributed by atoms with Gasteiger partial charge in [0, 0.05) is 11.6 Å². The van der Waals surface area contributed by atoms with Crippen LogP contribution in [-0.2, 0) is 4.79 Å². The first-order valence-corrected chi connectivity index (χ1v) is 6.86. The summed E-state index contributed by atoms with van der Waals surface area (Å²) in [5.41, 5.74) is 0.632. The van der Waals surface area contributed by atoms with E-state index in [1.807, 2.05) is 0 Å². The number of carbonyl (C=O) groups is 1. The van der Waals surface area contributed by atoms with Crippen LogP contribution in [0.15, 0.2) is 48.3 Å². The Morgan fingerprint density at radius 2 is 1.68 bits per heavy atom. The van der Waals surface area contributed by atoms with Gasteiger partial charge in [-0.25, -0.2) is 13.6 Å². The second-order valence-corrected chi connectivity index (χ2v) is 4.85. The van der Waals surface area contributed by atoms with Crippen molar-refractivity contribution in [2.75, 3.05) is 0 Å². The summed E-state index contributed by atoms with van der Waals surface area (Å²) in [6, 6.07) is 7.78. The van der Waals surface area contributed by atoms with Gasteiger partial charge in [0.2, 0.25) is 5.83 Å². The summed E-state index contributed by atoms with van der Waals surface area (Å²) >= 11 is 0. The summed E-state index contributed by atoms with van der Waals surface area (Å²) < 4.78 is 73.6. The summed E-state index contributed by atoms with van der Waals surface area (Å²) in [5.74, 6) is -7.48. The van der Waals surface area contributed by atoms with Gasteiger partial charge in [-0.05, 0) is 19.1 Å². The molecule has 0 saturated carbocycles. The maximum Gasteiger partial charge on any atom is 0.387 e. The third-order valence-electron chi connectivity index (χ3n) is 3.01. The molecule has 0 radical (unpaired) electrons. The van der Waals surface area contributed by atoms with E-state index in [-0.39, 0.29) is 5.56 Å². The van der Waals surface area contributed by atoms with Gasteiger partial charge in [0.25, 0.3) is 0 Å². The summed E-state index contributed by atoms with van der Waals surface area (Å²) in [7, 11) is 0. The van der Waals surface area contributed by atoms with Gasteiger partial charge in [-0.2, -0.15) is 13.2 Å². The van der Waals surface area contributed by atoms with E-state index in [2.05, 4.69) is 9.47 Å². The molecule has 0 heterocycles. The lowest BCUT2D eigenvalue weighted by molar-refractivity contribution is -0.131. The first-order valence-electron chi connectivity index (χ1n) is 6.86. The van der Waals surface area contributed by atoms with Crippen molar-refractivity contribution in [2.45, 2.75) is 13.5 Å². The molecule has 0 N–H and O–H groups in total. The van der Waals surface area contributed by atoms with Crippen LogP contribution in [0.2, 0.25) is 0 Å². The van der Waals surface area contributed by atoms with Crippen molar-refractivity contribution in [3.63, 3.8) is 0 Å². The molecule has 0 aromatic heterocycles. The van der Waals surface area contributed by atoms with Crippen LogP contribution in [0, 0.1) is 12.7 Å². The van der Waals surface area contributed by atoms with Gasteiger partial charge in [0.05, 0.1) is 0 Å². The second kappa shape index (κ2) is 7.78. The van der Waals surface area contributed by atoms with Gasteiger partial charge in [-0.15, -0.1) is 0 Å². The van der Waals surface area contributed by atoms with E-state index in [9.17, 15) is 26.7 Å². The predicted octanol–water partition coefficient (Wildman–Crippen LogP) is 4.95. The van der Waals surface area contributed by atoms with Gasteiger partial charge in [-0.3, -0.25) is 0 Å². The molecule has 25 heavy (non-hydrogen) atoms. The molecular weight excluding hydrogens is 347 g/mol. The fourth-order valence-corrected chi connectivity index (χ4v) is 1.80. The molecule has 0 unspecified atom stereocenters. The third-order valence-corrected chi connectivity index (χ3v) is 3.01. The van der Waals surface area contributed by atoms with Crippen molar-refractivity contribution < 1.29 is 36.2 Å². The van der Waals surface area contributed by atoms with Crippen LogP contribution >= 0.6 is 0 Å². The molecule has 8 heteroatoms. The lowest BCUT2D eigenvalue weighted by Gasteiger charge is -2.08. The SMILES string of the molecule is Cc1ccc(/C(F)=C(/F)C(=O)Oc2ccc(OC(F)F)c(F)c2)cc1. The number of hydrogen-bond acceptors (Lipinski definition) is 3. The molecule has 0 aliphatic rings. The molecule has 2 aromatic rings. The molecule has 132 valence electrons. The van der Waals surface area contributed by atoms with Gasteiger partial charge >= 0.3 is 12.6 Å². The van der Waals surface area contributed by atoms with Crippen molar-refractivity contribution in [3.05, 3.63) is 65.2 Å². The zero-order valence-corrected chi connectivity index (χ0v) is 12.7. The summed E-state index contributed by atoms with van der Waals surface area (Å²) in [5, 5.41) is 0. The number of esters is 1. The van der Waals surface area contributed by atoms with Crippen molar-refractivity contribution in [1.29, 1.82) is 0 Å². The molecule has 0 amide bonds. The molecule has 0 atom stereocenters. The van der Waals surface area contributed by atoms with Crippen molar-refractivity contribution in [3.8, 4) is 11.5 Å². The van der Waals surface area contributed by atoms with Crippen molar-refractivity contribution >= 4 is 11.8 Å². The maximum atomic E-state index is 13.9. The molecule has 0 spiro atoms.